The van der Waals surface area contributed by atoms with Crippen LogP contribution >= 0.6 is 0 Å². The number of aliphatic hydroxyl groups is 1. The molecule has 1 aliphatic rings. The van der Waals surface area contributed by atoms with Gasteiger partial charge in [0.2, 0.25) is 0 Å². The second kappa shape index (κ2) is 8.06. The number of rotatable bonds is 7. The van der Waals surface area contributed by atoms with Crippen molar-refractivity contribution < 1.29 is 5.11 Å². The Morgan fingerprint density at radius 1 is 1.35 bits per heavy atom. The lowest BCUT2D eigenvalue weighted by Crippen LogP contribution is -2.50. The molecule has 1 aliphatic heterocycles. The summed E-state index contributed by atoms with van der Waals surface area (Å²) in [7, 11) is 0. The van der Waals surface area contributed by atoms with Crippen LogP contribution in [-0.2, 0) is 0 Å². The molecule has 1 heterocycles. The van der Waals surface area contributed by atoms with Crippen molar-refractivity contribution >= 4 is 0 Å². The van der Waals surface area contributed by atoms with Gasteiger partial charge in [-0.15, -0.1) is 0 Å². The molecule has 0 spiro atoms. The summed E-state index contributed by atoms with van der Waals surface area (Å²) in [5, 5.41) is 12.8. The molecule has 3 nitrogen and oxygen atoms in total. The topological polar surface area (TPSA) is 35.5 Å². The zero-order valence-electron chi connectivity index (χ0n) is 11.8. The first kappa shape index (κ1) is 14.9. The summed E-state index contributed by atoms with van der Waals surface area (Å²) in [6, 6.07) is 0.620. The third kappa shape index (κ3) is 5.84. The van der Waals surface area contributed by atoms with Gasteiger partial charge in [-0.25, -0.2) is 0 Å². The van der Waals surface area contributed by atoms with Crippen LogP contribution in [0, 0.1) is 11.8 Å². The number of likely N-dealkylation sites (tertiary alicyclic amines) is 1. The van der Waals surface area contributed by atoms with Gasteiger partial charge >= 0.3 is 0 Å². The Morgan fingerprint density at radius 3 is 2.71 bits per heavy atom. The molecule has 1 fully saturated rings. The summed E-state index contributed by atoms with van der Waals surface area (Å²) in [6.45, 7) is 11.3. The smallest absolute Gasteiger partial charge is 0.0558 e. The number of β-amino-alcohol motifs (C(OH)–C–C–N with tert-alkyl or cyclic N) is 1. The standard InChI is InChI=1S/C14H30N2O/c1-4-5-13-8-14(15-9-12(2)3)11-16(10-13)6-7-17/h12-15,17H,4-11H2,1-3H3. The van der Waals surface area contributed by atoms with Crippen molar-refractivity contribution in [3.05, 3.63) is 0 Å². The Balaban J connectivity index is 2.40. The lowest BCUT2D eigenvalue weighted by atomic mass is 9.90. The van der Waals surface area contributed by atoms with E-state index >= 15 is 0 Å². The molecule has 1 rings (SSSR count). The molecule has 0 saturated carbocycles. The third-order valence-electron chi connectivity index (χ3n) is 3.54. The van der Waals surface area contributed by atoms with Gasteiger partial charge in [0.05, 0.1) is 6.61 Å². The van der Waals surface area contributed by atoms with Crippen LogP contribution in [0.2, 0.25) is 0 Å². The molecule has 0 aromatic rings. The Hall–Kier alpha value is -0.120. The maximum absolute atomic E-state index is 9.08. The van der Waals surface area contributed by atoms with Gasteiger partial charge in [-0.1, -0.05) is 27.2 Å². The molecular formula is C14H30N2O. The first-order valence-electron chi connectivity index (χ1n) is 7.22. The summed E-state index contributed by atoms with van der Waals surface area (Å²) in [4.78, 5) is 2.42. The summed E-state index contributed by atoms with van der Waals surface area (Å²) >= 11 is 0. The van der Waals surface area contributed by atoms with E-state index in [1.54, 1.807) is 0 Å². The van der Waals surface area contributed by atoms with Gasteiger partial charge in [-0.05, 0) is 31.2 Å². The highest BCUT2D eigenvalue weighted by Crippen LogP contribution is 2.21. The average Bonchev–Trinajstić information content (AvgIpc) is 2.27. The second-order valence-electron chi connectivity index (χ2n) is 5.87. The molecular weight excluding hydrogens is 212 g/mol. The monoisotopic (exact) mass is 242 g/mol. The van der Waals surface area contributed by atoms with Gasteiger partial charge in [0.15, 0.2) is 0 Å². The Bertz CT molecular complexity index is 183. The molecule has 0 aliphatic carbocycles. The molecule has 2 N–H and O–H groups in total. The van der Waals surface area contributed by atoms with Gasteiger partial charge in [0, 0.05) is 25.7 Å². The first-order chi connectivity index (χ1) is 8.15. The van der Waals surface area contributed by atoms with Crippen molar-refractivity contribution in [2.24, 2.45) is 11.8 Å². The van der Waals surface area contributed by atoms with E-state index in [9.17, 15) is 0 Å². The second-order valence-corrected chi connectivity index (χ2v) is 5.87. The maximum atomic E-state index is 9.08. The number of piperidine rings is 1. The number of hydrogen-bond acceptors (Lipinski definition) is 3. The van der Waals surface area contributed by atoms with Crippen LogP contribution in [-0.4, -0.2) is 48.8 Å². The lowest BCUT2D eigenvalue weighted by Gasteiger charge is -2.38. The van der Waals surface area contributed by atoms with E-state index in [2.05, 4.69) is 31.0 Å². The molecule has 0 radical (unpaired) electrons. The highest BCUT2D eigenvalue weighted by atomic mass is 16.3. The van der Waals surface area contributed by atoms with E-state index in [0.29, 0.717) is 12.0 Å². The number of aliphatic hydroxyl groups excluding tert-OH is 1. The van der Waals surface area contributed by atoms with E-state index in [1.807, 2.05) is 0 Å². The fraction of sp³-hybridized carbons (Fsp3) is 1.00. The third-order valence-corrected chi connectivity index (χ3v) is 3.54. The Kier molecular flexibility index (Phi) is 7.09. The highest BCUT2D eigenvalue weighted by molar-refractivity contribution is 4.83. The summed E-state index contributed by atoms with van der Waals surface area (Å²) in [6.07, 6.45) is 3.90. The van der Waals surface area contributed by atoms with Crippen LogP contribution in [0.5, 0.6) is 0 Å². The minimum atomic E-state index is 0.287. The molecule has 0 aromatic carbocycles. The highest BCUT2D eigenvalue weighted by Gasteiger charge is 2.25. The van der Waals surface area contributed by atoms with Crippen LogP contribution < -0.4 is 5.32 Å². The summed E-state index contributed by atoms with van der Waals surface area (Å²) < 4.78 is 0. The molecule has 0 bridgehead atoms. The lowest BCUT2D eigenvalue weighted by molar-refractivity contribution is 0.111. The zero-order chi connectivity index (χ0) is 12.7. The number of hydrogen-bond donors (Lipinski definition) is 2. The van der Waals surface area contributed by atoms with E-state index in [1.165, 1.54) is 25.8 Å². The Labute approximate surface area is 107 Å². The van der Waals surface area contributed by atoms with Crippen LogP contribution in [0.15, 0.2) is 0 Å². The maximum Gasteiger partial charge on any atom is 0.0558 e. The molecule has 3 heteroatoms. The van der Waals surface area contributed by atoms with Gasteiger partial charge in [0.25, 0.3) is 0 Å². The van der Waals surface area contributed by atoms with Crippen molar-refractivity contribution in [2.45, 2.75) is 46.1 Å². The number of nitrogens with one attached hydrogen (secondary N) is 1. The first-order valence-corrected chi connectivity index (χ1v) is 7.22. The minimum Gasteiger partial charge on any atom is -0.395 e. The molecule has 2 unspecified atom stereocenters. The molecule has 102 valence electrons. The quantitative estimate of drug-likeness (QED) is 0.713. The summed E-state index contributed by atoms with van der Waals surface area (Å²) in [5.41, 5.74) is 0. The van der Waals surface area contributed by atoms with E-state index in [4.69, 9.17) is 5.11 Å². The molecule has 2 atom stereocenters. The Morgan fingerprint density at radius 2 is 2.12 bits per heavy atom. The van der Waals surface area contributed by atoms with Crippen molar-refractivity contribution in [1.29, 1.82) is 0 Å². The fourth-order valence-corrected chi connectivity index (χ4v) is 2.79. The predicted molar refractivity (Wildman–Crippen MR) is 73.2 cm³/mol. The molecule has 0 aromatic heterocycles. The SMILES string of the molecule is CCCC1CC(NCC(C)C)CN(CCO)C1. The van der Waals surface area contributed by atoms with Crippen LogP contribution in [0.1, 0.15) is 40.0 Å². The molecule has 1 saturated heterocycles. The molecule has 0 amide bonds. The van der Waals surface area contributed by atoms with Gasteiger partial charge in [0.1, 0.15) is 0 Å². The largest absolute Gasteiger partial charge is 0.395 e. The van der Waals surface area contributed by atoms with Crippen molar-refractivity contribution in [3.8, 4) is 0 Å². The van der Waals surface area contributed by atoms with E-state index in [0.717, 1.165) is 25.6 Å². The van der Waals surface area contributed by atoms with Gasteiger partial charge < -0.3 is 10.4 Å². The minimum absolute atomic E-state index is 0.287. The van der Waals surface area contributed by atoms with Crippen LogP contribution in [0.4, 0.5) is 0 Å². The van der Waals surface area contributed by atoms with Crippen LogP contribution in [0.25, 0.3) is 0 Å². The average molecular weight is 242 g/mol. The summed E-state index contributed by atoms with van der Waals surface area (Å²) in [5.74, 6) is 1.53. The van der Waals surface area contributed by atoms with Crippen molar-refractivity contribution in [1.82, 2.24) is 10.2 Å². The van der Waals surface area contributed by atoms with E-state index in [-0.39, 0.29) is 6.61 Å². The van der Waals surface area contributed by atoms with Gasteiger partial charge in [-0.2, -0.15) is 0 Å². The van der Waals surface area contributed by atoms with E-state index < -0.39 is 0 Å². The predicted octanol–water partition coefficient (Wildman–Crippen LogP) is 1.71. The van der Waals surface area contributed by atoms with Crippen LogP contribution in [0.3, 0.4) is 0 Å². The van der Waals surface area contributed by atoms with Crippen molar-refractivity contribution in [2.75, 3.05) is 32.8 Å². The molecule has 17 heavy (non-hydrogen) atoms. The van der Waals surface area contributed by atoms with Gasteiger partial charge in [-0.3, -0.25) is 4.90 Å². The zero-order valence-corrected chi connectivity index (χ0v) is 11.8. The number of nitrogens with zero attached hydrogens (tertiary/aromatic N) is 1. The fourth-order valence-electron chi connectivity index (χ4n) is 2.79. The normalized spacial score (nSPS) is 26.6. The van der Waals surface area contributed by atoms with Crippen molar-refractivity contribution in [3.63, 3.8) is 0 Å².